The second-order valence-electron chi connectivity index (χ2n) is 7.98. The second kappa shape index (κ2) is 11.0. The first kappa shape index (κ1) is 24.9. The van der Waals surface area contributed by atoms with E-state index in [1.165, 1.54) is 6.92 Å². The van der Waals surface area contributed by atoms with Gasteiger partial charge in [0.2, 0.25) is 0 Å². The van der Waals surface area contributed by atoms with Gasteiger partial charge in [-0.2, -0.15) is 5.10 Å². The number of ether oxygens (including phenoxy) is 1. The first-order valence-electron chi connectivity index (χ1n) is 11.2. The monoisotopic (exact) mass is 500 g/mol. The van der Waals surface area contributed by atoms with Crippen LogP contribution in [0, 0.1) is 6.92 Å². The lowest BCUT2D eigenvalue weighted by atomic mass is 10.1. The summed E-state index contributed by atoms with van der Waals surface area (Å²) in [6.07, 6.45) is 0. The van der Waals surface area contributed by atoms with Crippen LogP contribution >= 0.6 is 11.8 Å². The summed E-state index contributed by atoms with van der Waals surface area (Å²) < 4.78 is 6.57. The zero-order valence-electron chi connectivity index (χ0n) is 20.0. The van der Waals surface area contributed by atoms with E-state index in [0.29, 0.717) is 27.5 Å². The van der Waals surface area contributed by atoms with Gasteiger partial charge in [0.1, 0.15) is 5.75 Å². The van der Waals surface area contributed by atoms with Crippen molar-refractivity contribution >= 4 is 40.3 Å². The van der Waals surface area contributed by atoms with Gasteiger partial charge in [-0.25, -0.2) is 10.4 Å². The van der Waals surface area contributed by atoms with E-state index in [-0.39, 0.29) is 17.2 Å². The number of aromatic nitrogens is 2. The summed E-state index contributed by atoms with van der Waals surface area (Å²) in [5.74, 6) is -0.290. The number of hydrogen-bond acceptors (Lipinski definition) is 7. The maximum Gasteiger partial charge on any atom is 0.308 e. The van der Waals surface area contributed by atoms with Gasteiger partial charge >= 0.3 is 5.97 Å². The average Bonchev–Trinajstić information content (AvgIpc) is 2.87. The van der Waals surface area contributed by atoms with Crippen LogP contribution in [-0.4, -0.2) is 32.9 Å². The first-order chi connectivity index (χ1) is 17.3. The summed E-state index contributed by atoms with van der Waals surface area (Å²) in [5.41, 5.74) is 5.92. The molecule has 0 saturated heterocycles. The van der Waals surface area contributed by atoms with E-state index in [0.717, 1.165) is 28.6 Å². The molecule has 0 spiro atoms. The van der Waals surface area contributed by atoms with E-state index in [2.05, 4.69) is 15.5 Å². The molecule has 1 aromatic heterocycles. The molecule has 182 valence electrons. The lowest BCUT2D eigenvalue weighted by Crippen LogP contribution is -2.25. The zero-order valence-corrected chi connectivity index (χ0v) is 20.8. The number of benzene rings is 3. The summed E-state index contributed by atoms with van der Waals surface area (Å²) in [5, 5.41) is 5.10. The molecule has 4 rings (SSSR count). The number of nitrogens with one attached hydrogen (secondary N) is 1. The third kappa shape index (κ3) is 5.69. The smallest absolute Gasteiger partial charge is 0.308 e. The molecule has 0 aliphatic carbocycles. The van der Waals surface area contributed by atoms with Crippen LogP contribution in [-0.2, 0) is 9.59 Å². The number of amides is 1. The van der Waals surface area contributed by atoms with E-state index in [1.54, 1.807) is 54.0 Å². The van der Waals surface area contributed by atoms with Gasteiger partial charge in [-0.15, -0.1) is 0 Å². The van der Waals surface area contributed by atoms with Crippen molar-refractivity contribution in [1.29, 1.82) is 0 Å². The minimum absolute atomic E-state index is 0.0127. The highest BCUT2D eigenvalue weighted by Crippen LogP contribution is 2.23. The van der Waals surface area contributed by atoms with Crippen LogP contribution in [0.2, 0.25) is 0 Å². The van der Waals surface area contributed by atoms with Gasteiger partial charge in [0.05, 0.1) is 28.1 Å². The van der Waals surface area contributed by atoms with Crippen molar-refractivity contribution in [2.24, 2.45) is 5.10 Å². The number of rotatable bonds is 7. The van der Waals surface area contributed by atoms with Crippen LogP contribution in [0.1, 0.15) is 25.0 Å². The molecule has 0 fully saturated rings. The maximum absolute atomic E-state index is 13.4. The van der Waals surface area contributed by atoms with Gasteiger partial charge in [0.15, 0.2) is 5.16 Å². The van der Waals surface area contributed by atoms with E-state index in [1.807, 2.05) is 37.3 Å². The number of carbonyl (C=O) groups excluding carboxylic acids is 2. The fourth-order valence-electron chi connectivity index (χ4n) is 3.54. The molecule has 4 aromatic rings. The highest BCUT2D eigenvalue weighted by Gasteiger charge is 2.16. The molecule has 0 radical (unpaired) electrons. The zero-order chi connectivity index (χ0) is 25.7. The summed E-state index contributed by atoms with van der Waals surface area (Å²) in [6.45, 7) is 5.02. The normalized spacial score (nSPS) is 11.4. The van der Waals surface area contributed by atoms with Crippen LogP contribution in [0.4, 0.5) is 0 Å². The van der Waals surface area contributed by atoms with Gasteiger partial charge in [-0.05, 0) is 67.4 Å². The van der Waals surface area contributed by atoms with E-state index >= 15 is 0 Å². The quantitative estimate of drug-likeness (QED) is 0.102. The number of hydrogen-bond donors (Lipinski definition) is 1. The van der Waals surface area contributed by atoms with Gasteiger partial charge in [-0.3, -0.25) is 19.0 Å². The second-order valence-corrected chi connectivity index (χ2v) is 8.92. The number of nitrogens with zero attached hydrogens (tertiary/aromatic N) is 3. The van der Waals surface area contributed by atoms with Crippen molar-refractivity contribution in [2.75, 3.05) is 5.75 Å². The molecule has 0 bridgehead atoms. The Bertz CT molecular complexity index is 1530. The number of thioether (sulfide) groups is 1. The molecule has 9 heteroatoms. The average molecular weight is 501 g/mol. The van der Waals surface area contributed by atoms with Crippen molar-refractivity contribution in [3.63, 3.8) is 0 Å². The van der Waals surface area contributed by atoms with Crippen LogP contribution in [0.25, 0.3) is 16.6 Å². The third-order valence-corrected chi connectivity index (χ3v) is 6.25. The number of fused-ring (bicyclic) bond motifs is 1. The summed E-state index contributed by atoms with van der Waals surface area (Å²) in [6, 6.07) is 21.5. The molecule has 0 unspecified atom stereocenters. The minimum Gasteiger partial charge on any atom is -0.427 e. The first-order valence-corrected chi connectivity index (χ1v) is 12.1. The summed E-state index contributed by atoms with van der Waals surface area (Å²) in [4.78, 5) is 41.7. The van der Waals surface area contributed by atoms with Crippen LogP contribution < -0.4 is 15.7 Å². The van der Waals surface area contributed by atoms with Crippen molar-refractivity contribution < 1.29 is 14.3 Å². The Morgan fingerprint density at radius 1 is 1.00 bits per heavy atom. The third-order valence-electron chi connectivity index (χ3n) is 5.32. The number of carbonyl (C=O) groups is 2. The largest absolute Gasteiger partial charge is 0.427 e. The van der Waals surface area contributed by atoms with Crippen LogP contribution in [0.5, 0.6) is 5.75 Å². The van der Waals surface area contributed by atoms with Crippen LogP contribution in [0.3, 0.4) is 0 Å². The van der Waals surface area contributed by atoms with E-state index in [4.69, 9.17) is 4.74 Å². The Morgan fingerprint density at radius 2 is 1.69 bits per heavy atom. The molecular weight excluding hydrogens is 476 g/mol. The Morgan fingerprint density at radius 3 is 2.42 bits per heavy atom. The highest BCUT2D eigenvalue weighted by molar-refractivity contribution is 7.99. The molecule has 1 amide bonds. The fourth-order valence-corrected chi connectivity index (χ4v) is 4.34. The summed E-state index contributed by atoms with van der Waals surface area (Å²) in [7, 11) is 0. The van der Waals surface area contributed by atoms with Gasteiger partial charge in [0.25, 0.3) is 11.5 Å². The molecule has 1 heterocycles. The van der Waals surface area contributed by atoms with Crippen molar-refractivity contribution in [1.82, 2.24) is 15.0 Å². The Hall–Kier alpha value is -4.24. The number of hydrazone groups is 1. The molecule has 0 atom stereocenters. The standard InChI is InChI=1S/C27H24N4O4S/c1-17-8-4-7-11-24(17)31-26(34)22-9-5-6-10-23(22)28-27(31)36-16-25(33)30-29-18(2)20-12-14-21(15-13-20)35-19(3)32/h4-15H,16H2,1-3H3,(H,30,33). The molecule has 8 nitrogen and oxygen atoms in total. The van der Waals surface area contributed by atoms with Gasteiger partial charge in [0, 0.05) is 6.92 Å². The minimum atomic E-state index is -0.397. The lowest BCUT2D eigenvalue weighted by molar-refractivity contribution is -0.131. The summed E-state index contributed by atoms with van der Waals surface area (Å²) >= 11 is 1.16. The Kier molecular flexibility index (Phi) is 7.60. The SMILES string of the molecule is CC(=O)Oc1ccc(C(C)=NNC(=O)CSc2nc3ccccc3c(=O)n2-c2ccccc2C)cc1. The molecule has 3 aromatic carbocycles. The lowest BCUT2D eigenvalue weighted by Gasteiger charge is -2.14. The molecule has 0 aliphatic rings. The number of para-hydroxylation sites is 2. The molecule has 0 saturated carbocycles. The topological polar surface area (TPSA) is 103 Å². The molecule has 1 N–H and O–H groups in total. The van der Waals surface area contributed by atoms with Crippen LogP contribution in [0.15, 0.2) is 87.8 Å². The van der Waals surface area contributed by atoms with Gasteiger partial charge in [-0.1, -0.05) is 42.1 Å². The molecule has 0 aliphatic heterocycles. The van der Waals surface area contributed by atoms with Crippen molar-refractivity contribution in [3.8, 4) is 11.4 Å². The van der Waals surface area contributed by atoms with Crippen molar-refractivity contribution in [3.05, 3.63) is 94.3 Å². The van der Waals surface area contributed by atoms with Crippen molar-refractivity contribution in [2.45, 2.75) is 25.9 Å². The Balaban J connectivity index is 1.52. The highest BCUT2D eigenvalue weighted by atomic mass is 32.2. The van der Waals surface area contributed by atoms with Gasteiger partial charge < -0.3 is 4.74 Å². The molecular formula is C27H24N4O4S. The maximum atomic E-state index is 13.4. The number of esters is 1. The Labute approximate surface area is 212 Å². The van der Waals surface area contributed by atoms with E-state index in [9.17, 15) is 14.4 Å². The molecule has 36 heavy (non-hydrogen) atoms. The fraction of sp³-hybridized carbons (Fsp3) is 0.148. The predicted molar refractivity (Wildman–Crippen MR) is 141 cm³/mol. The number of aryl methyl sites for hydroxylation is 1. The predicted octanol–water partition coefficient (Wildman–Crippen LogP) is 4.25. The van der Waals surface area contributed by atoms with E-state index < -0.39 is 5.97 Å².